The summed E-state index contributed by atoms with van der Waals surface area (Å²) in [6.07, 6.45) is 0.460. The van der Waals surface area contributed by atoms with Crippen LogP contribution in [-0.2, 0) is 22.6 Å². The molecule has 0 spiro atoms. The van der Waals surface area contributed by atoms with Crippen molar-refractivity contribution in [3.8, 4) is 0 Å². The molecule has 20 heavy (non-hydrogen) atoms. The Morgan fingerprint density at radius 1 is 1.05 bits per heavy atom. The Labute approximate surface area is 124 Å². The molecule has 0 radical (unpaired) electrons. The number of hydrogen-bond acceptors (Lipinski definition) is 4. The second kappa shape index (κ2) is 7.12. The van der Waals surface area contributed by atoms with E-state index in [1.165, 1.54) is 0 Å². The number of thiol groups is 1. The Bertz CT molecular complexity index is 554. The molecule has 1 atom stereocenters. The highest BCUT2D eigenvalue weighted by Gasteiger charge is 2.15. The maximum atomic E-state index is 11.8. The molecule has 2 aromatic rings. The third kappa shape index (κ3) is 4.40. The van der Waals surface area contributed by atoms with Crippen LogP contribution in [0.15, 0.2) is 59.5 Å². The molecule has 0 saturated carbocycles. The van der Waals surface area contributed by atoms with Crippen LogP contribution in [0.25, 0.3) is 0 Å². The van der Waals surface area contributed by atoms with Crippen LogP contribution in [0.2, 0.25) is 0 Å². The van der Waals surface area contributed by atoms with E-state index in [0.717, 1.165) is 16.0 Å². The number of carbonyl (C=O) groups excluding carboxylic acids is 1. The zero-order valence-corrected chi connectivity index (χ0v) is 11.9. The predicted molar refractivity (Wildman–Crippen MR) is 81.6 cm³/mol. The van der Waals surface area contributed by atoms with Crippen LogP contribution in [0.4, 0.5) is 0 Å². The summed E-state index contributed by atoms with van der Waals surface area (Å²) in [4.78, 5) is 12.7. The summed E-state index contributed by atoms with van der Waals surface area (Å²) in [7, 11) is 0. The van der Waals surface area contributed by atoms with Crippen molar-refractivity contribution in [2.75, 3.05) is 0 Å². The van der Waals surface area contributed by atoms with E-state index in [1.54, 1.807) is 0 Å². The number of hydrogen-bond donors (Lipinski definition) is 2. The summed E-state index contributed by atoms with van der Waals surface area (Å²) >= 11 is 4.21. The fourth-order valence-corrected chi connectivity index (χ4v) is 1.95. The Hall–Kier alpha value is -1.78. The molecule has 0 aliphatic heterocycles. The van der Waals surface area contributed by atoms with Crippen molar-refractivity contribution in [3.05, 3.63) is 65.7 Å². The molecule has 104 valence electrons. The number of esters is 1. The molecule has 0 heterocycles. The summed E-state index contributed by atoms with van der Waals surface area (Å²) in [5.74, 6) is -0.385. The third-order valence-corrected chi connectivity index (χ3v) is 3.22. The van der Waals surface area contributed by atoms with Crippen LogP contribution in [0, 0.1) is 0 Å². The summed E-state index contributed by atoms with van der Waals surface area (Å²) in [5, 5.41) is 0. The summed E-state index contributed by atoms with van der Waals surface area (Å²) in [6.45, 7) is 0.253. The van der Waals surface area contributed by atoms with Gasteiger partial charge in [0, 0.05) is 4.90 Å². The van der Waals surface area contributed by atoms with E-state index in [1.807, 2.05) is 54.6 Å². The number of carbonyl (C=O) groups is 1. The predicted octanol–water partition coefficient (Wildman–Crippen LogP) is 2.59. The Morgan fingerprint density at radius 2 is 1.70 bits per heavy atom. The van der Waals surface area contributed by atoms with Crippen molar-refractivity contribution in [1.29, 1.82) is 0 Å². The Morgan fingerprint density at radius 3 is 2.35 bits per heavy atom. The molecular formula is C16H17NO2S. The van der Waals surface area contributed by atoms with E-state index < -0.39 is 6.04 Å². The quantitative estimate of drug-likeness (QED) is 0.656. The van der Waals surface area contributed by atoms with Gasteiger partial charge in [0.05, 0.1) is 0 Å². The molecule has 2 aromatic carbocycles. The fourth-order valence-electron chi connectivity index (χ4n) is 1.81. The van der Waals surface area contributed by atoms with Gasteiger partial charge in [-0.15, -0.1) is 12.6 Å². The van der Waals surface area contributed by atoms with Crippen LogP contribution in [-0.4, -0.2) is 12.0 Å². The molecule has 0 saturated heterocycles. The SMILES string of the molecule is NC(Cc1ccc(S)cc1)C(=O)OCc1ccccc1. The first-order chi connectivity index (χ1) is 9.65. The highest BCUT2D eigenvalue weighted by Crippen LogP contribution is 2.10. The molecule has 0 amide bonds. The standard InChI is InChI=1S/C16H17NO2S/c17-15(10-12-6-8-14(20)9-7-12)16(18)19-11-13-4-2-1-3-5-13/h1-9,15,20H,10-11,17H2. The third-order valence-electron chi connectivity index (χ3n) is 2.92. The lowest BCUT2D eigenvalue weighted by Crippen LogP contribution is -2.34. The van der Waals surface area contributed by atoms with Crippen LogP contribution in [0.3, 0.4) is 0 Å². The molecule has 0 fully saturated rings. The minimum Gasteiger partial charge on any atom is -0.460 e. The van der Waals surface area contributed by atoms with E-state index in [0.29, 0.717) is 6.42 Å². The van der Waals surface area contributed by atoms with Crippen LogP contribution in [0.1, 0.15) is 11.1 Å². The lowest BCUT2D eigenvalue weighted by atomic mass is 10.1. The van der Waals surface area contributed by atoms with Crippen LogP contribution >= 0.6 is 12.6 Å². The molecule has 3 nitrogen and oxygen atoms in total. The highest BCUT2D eigenvalue weighted by molar-refractivity contribution is 7.80. The van der Waals surface area contributed by atoms with Gasteiger partial charge >= 0.3 is 5.97 Å². The van der Waals surface area contributed by atoms with Crippen molar-refractivity contribution in [2.24, 2.45) is 5.73 Å². The molecule has 0 aliphatic carbocycles. The Kier molecular flexibility index (Phi) is 5.21. The first-order valence-electron chi connectivity index (χ1n) is 6.39. The smallest absolute Gasteiger partial charge is 0.323 e. The maximum Gasteiger partial charge on any atom is 0.323 e. The van der Waals surface area contributed by atoms with E-state index in [-0.39, 0.29) is 12.6 Å². The average Bonchev–Trinajstić information content (AvgIpc) is 2.48. The molecular weight excluding hydrogens is 270 g/mol. The molecule has 2 N–H and O–H groups in total. The average molecular weight is 287 g/mol. The number of benzene rings is 2. The van der Waals surface area contributed by atoms with Gasteiger partial charge in [-0.2, -0.15) is 0 Å². The van der Waals surface area contributed by atoms with Gasteiger partial charge in [0.15, 0.2) is 0 Å². The first kappa shape index (κ1) is 14.6. The van der Waals surface area contributed by atoms with Crippen molar-refractivity contribution >= 4 is 18.6 Å². The molecule has 4 heteroatoms. The van der Waals surface area contributed by atoms with Crippen molar-refractivity contribution in [2.45, 2.75) is 24.0 Å². The lowest BCUT2D eigenvalue weighted by Gasteiger charge is -2.11. The topological polar surface area (TPSA) is 52.3 Å². The van der Waals surface area contributed by atoms with Crippen molar-refractivity contribution < 1.29 is 9.53 Å². The molecule has 0 aromatic heterocycles. The largest absolute Gasteiger partial charge is 0.460 e. The normalized spacial score (nSPS) is 11.9. The maximum absolute atomic E-state index is 11.8. The van der Waals surface area contributed by atoms with Gasteiger partial charge in [-0.05, 0) is 29.7 Å². The summed E-state index contributed by atoms with van der Waals surface area (Å²) < 4.78 is 5.21. The van der Waals surface area contributed by atoms with E-state index in [2.05, 4.69) is 12.6 Å². The second-order valence-corrected chi connectivity index (χ2v) is 5.09. The van der Waals surface area contributed by atoms with Gasteiger partial charge in [0.2, 0.25) is 0 Å². The minimum absolute atomic E-state index is 0.253. The number of ether oxygens (including phenoxy) is 1. The van der Waals surface area contributed by atoms with E-state index >= 15 is 0 Å². The zero-order chi connectivity index (χ0) is 14.4. The van der Waals surface area contributed by atoms with Gasteiger partial charge in [0.1, 0.15) is 12.6 Å². The highest BCUT2D eigenvalue weighted by atomic mass is 32.1. The van der Waals surface area contributed by atoms with Gasteiger partial charge in [-0.1, -0.05) is 42.5 Å². The second-order valence-electron chi connectivity index (χ2n) is 4.57. The minimum atomic E-state index is -0.649. The Balaban J connectivity index is 1.84. The van der Waals surface area contributed by atoms with Gasteiger partial charge in [-0.3, -0.25) is 4.79 Å². The van der Waals surface area contributed by atoms with E-state index in [4.69, 9.17) is 10.5 Å². The van der Waals surface area contributed by atoms with Crippen molar-refractivity contribution in [3.63, 3.8) is 0 Å². The van der Waals surface area contributed by atoms with Gasteiger partial charge in [0.25, 0.3) is 0 Å². The van der Waals surface area contributed by atoms with Crippen LogP contribution < -0.4 is 5.73 Å². The summed E-state index contributed by atoms with van der Waals surface area (Å²) in [6, 6.07) is 16.5. The van der Waals surface area contributed by atoms with Gasteiger partial charge < -0.3 is 10.5 Å². The van der Waals surface area contributed by atoms with E-state index in [9.17, 15) is 4.79 Å². The number of nitrogens with two attached hydrogens (primary N) is 1. The monoisotopic (exact) mass is 287 g/mol. The number of rotatable bonds is 5. The molecule has 0 aliphatic rings. The summed E-state index contributed by atoms with van der Waals surface area (Å²) in [5.41, 5.74) is 7.80. The zero-order valence-electron chi connectivity index (χ0n) is 11.0. The molecule has 0 bridgehead atoms. The lowest BCUT2D eigenvalue weighted by molar-refractivity contribution is -0.146. The molecule has 2 rings (SSSR count). The van der Waals surface area contributed by atoms with Gasteiger partial charge in [-0.25, -0.2) is 0 Å². The molecule has 1 unspecified atom stereocenters. The van der Waals surface area contributed by atoms with Crippen molar-refractivity contribution in [1.82, 2.24) is 0 Å². The first-order valence-corrected chi connectivity index (χ1v) is 6.84. The van der Waals surface area contributed by atoms with Crippen LogP contribution in [0.5, 0.6) is 0 Å². The fraction of sp³-hybridized carbons (Fsp3) is 0.188.